The van der Waals surface area contributed by atoms with E-state index in [9.17, 15) is 13.2 Å². The maximum atomic E-state index is 13.0. The number of aryl methyl sites for hydroxylation is 1. The lowest BCUT2D eigenvalue weighted by Gasteiger charge is -2.03. The summed E-state index contributed by atoms with van der Waals surface area (Å²) in [6, 6.07) is 1.51. The number of hydrogen-bond donors (Lipinski definition) is 0. The van der Waals surface area contributed by atoms with Crippen molar-refractivity contribution in [2.24, 2.45) is 0 Å². The summed E-state index contributed by atoms with van der Waals surface area (Å²) in [6.45, 7) is 1.43. The van der Waals surface area contributed by atoms with Crippen LogP contribution in [0.15, 0.2) is 6.20 Å². The molecule has 0 aliphatic rings. The average molecular weight is 186 g/mol. The van der Waals surface area contributed by atoms with Crippen LogP contribution in [0.25, 0.3) is 0 Å². The predicted molar refractivity (Wildman–Crippen MR) is 38.6 cm³/mol. The van der Waals surface area contributed by atoms with Gasteiger partial charge >= 0.3 is 0 Å². The Morgan fingerprint density at radius 2 is 2.15 bits per heavy atom. The maximum absolute atomic E-state index is 13.0. The molecule has 1 rings (SSSR count). The minimum atomic E-state index is -2.99. The first-order chi connectivity index (χ1) is 6.07. The van der Waals surface area contributed by atoms with Gasteiger partial charge in [0, 0.05) is 6.20 Å². The largest absolute Gasteiger partial charge is 0.283 e. The van der Waals surface area contributed by atoms with Crippen LogP contribution in [0.2, 0.25) is 0 Å². The second-order valence-electron chi connectivity index (χ2n) is 2.43. The van der Waals surface area contributed by atoms with Crippen molar-refractivity contribution in [1.82, 2.24) is 4.98 Å². The van der Waals surface area contributed by atoms with Crippen molar-refractivity contribution in [3.63, 3.8) is 0 Å². The first-order valence-electron chi connectivity index (χ1n) is 3.41. The molecule has 2 nitrogen and oxygen atoms in total. The first kappa shape index (κ1) is 9.52. The lowest BCUT2D eigenvalue weighted by atomic mass is 10.1. The smallest absolute Gasteiger partial charge is 0.252 e. The van der Waals surface area contributed by atoms with E-state index in [0.717, 1.165) is 6.20 Å². The maximum Gasteiger partial charge on any atom is 0.283 e. The number of pyridine rings is 1. The van der Waals surface area contributed by atoms with Gasteiger partial charge < -0.3 is 0 Å². The number of alkyl halides is 2. The summed E-state index contributed by atoms with van der Waals surface area (Å²) in [4.78, 5) is 3.21. The van der Waals surface area contributed by atoms with Crippen LogP contribution in [-0.4, -0.2) is 4.98 Å². The van der Waals surface area contributed by atoms with Gasteiger partial charge in [-0.25, -0.2) is 13.2 Å². The molecule has 0 aromatic carbocycles. The van der Waals surface area contributed by atoms with E-state index in [-0.39, 0.29) is 11.1 Å². The number of aromatic nitrogens is 1. The van der Waals surface area contributed by atoms with Crippen molar-refractivity contribution >= 4 is 0 Å². The van der Waals surface area contributed by atoms with Gasteiger partial charge in [-0.05, 0) is 12.5 Å². The van der Waals surface area contributed by atoms with Crippen molar-refractivity contribution in [2.75, 3.05) is 0 Å². The molecule has 0 spiro atoms. The number of rotatable bonds is 1. The molecule has 0 saturated heterocycles. The van der Waals surface area contributed by atoms with Crippen LogP contribution >= 0.6 is 0 Å². The molecular weight excluding hydrogens is 181 g/mol. The van der Waals surface area contributed by atoms with E-state index < -0.39 is 17.9 Å². The fourth-order valence-corrected chi connectivity index (χ4v) is 0.878. The van der Waals surface area contributed by atoms with Crippen LogP contribution < -0.4 is 0 Å². The first-order valence-corrected chi connectivity index (χ1v) is 3.41. The fourth-order valence-electron chi connectivity index (χ4n) is 0.878. The molecule has 1 heterocycles. The van der Waals surface area contributed by atoms with Crippen LogP contribution in [0, 0.1) is 24.1 Å². The van der Waals surface area contributed by atoms with Gasteiger partial charge in [-0.3, -0.25) is 4.98 Å². The molecule has 1 aromatic rings. The standard InChI is InChI=1S/C8H5F3N2/c1-4-3-13-7(8(10)11)6(9)5(4)2-12/h3,8H,1H3. The summed E-state index contributed by atoms with van der Waals surface area (Å²) < 4.78 is 37.1. The van der Waals surface area contributed by atoms with Gasteiger partial charge in [0.1, 0.15) is 11.8 Å². The van der Waals surface area contributed by atoms with Gasteiger partial charge in [0.15, 0.2) is 5.82 Å². The Morgan fingerprint density at radius 3 is 2.62 bits per heavy atom. The minimum Gasteiger partial charge on any atom is -0.252 e. The summed E-state index contributed by atoms with van der Waals surface area (Å²) in [5.41, 5.74) is -1.09. The van der Waals surface area contributed by atoms with Crippen LogP contribution in [0.1, 0.15) is 23.2 Å². The Labute approximate surface area is 72.6 Å². The molecular formula is C8H5F3N2. The Bertz CT molecular complexity index is 368. The van der Waals surface area contributed by atoms with Crippen molar-refractivity contribution in [2.45, 2.75) is 13.3 Å². The Morgan fingerprint density at radius 1 is 1.54 bits per heavy atom. The molecule has 0 atom stereocenters. The van der Waals surface area contributed by atoms with Crippen molar-refractivity contribution in [3.05, 3.63) is 28.8 Å². The zero-order chi connectivity index (χ0) is 10.0. The summed E-state index contributed by atoms with van der Waals surface area (Å²) in [7, 11) is 0. The van der Waals surface area contributed by atoms with E-state index in [1.54, 1.807) is 0 Å². The predicted octanol–water partition coefficient (Wildman–Crippen LogP) is 2.34. The molecule has 1 aromatic heterocycles. The molecule has 0 N–H and O–H groups in total. The lowest BCUT2D eigenvalue weighted by Crippen LogP contribution is -2.00. The molecule has 0 aliphatic heterocycles. The monoisotopic (exact) mass is 186 g/mol. The molecule has 5 heteroatoms. The Hall–Kier alpha value is -1.57. The molecule has 68 valence electrons. The van der Waals surface area contributed by atoms with Crippen LogP contribution in [-0.2, 0) is 0 Å². The van der Waals surface area contributed by atoms with E-state index in [4.69, 9.17) is 5.26 Å². The Balaban J connectivity index is 3.38. The molecule has 13 heavy (non-hydrogen) atoms. The number of hydrogen-bond acceptors (Lipinski definition) is 2. The zero-order valence-corrected chi connectivity index (χ0v) is 6.68. The van der Waals surface area contributed by atoms with Gasteiger partial charge in [-0.2, -0.15) is 5.26 Å². The summed E-state index contributed by atoms with van der Waals surface area (Å²) >= 11 is 0. The highest BCUT2D eigenvalue weighted by molar-refractivity contribution is 5.38. The summed E-state index contributed by atoms with van der Waals surface area (Å²) in [5.74, 6) is -1.22. The zero-order valence-electron chi connectivity index (χ0n) is 6.68. The molecule has 0 bridgehead atoms. The van der Waals surface area contributed by atoms with Crippen molar-refractivity contribution in [3.8, 4) is 6.07 Å². The van der Waals surface area contributed by atoms with Crippen LogP contribution in [0.5, 0.6) is 0 Å². The third-order valence-electron chi connectivity index (χ3n) is 1.55. The van der Waals surface area contributed by atoms with Crippen LogP contribution in [0.4, 0.5) is 13.2 Å². The minimum absolute atomic E-state index is 0.254. The third-order valence-corrected chi connectivity index (χ3v) is 1.55. The van der Waals surface area contributed by atoms with Crippen LogP contribution in [0.3, 0.4) is 0 Å². The highest BCUT2D eigenvalue weighted by atomic mass is 19.3. The van der Waals surface area contributed by atoms with Gasteiger partial charge in [-0.1, -0.05) is 0 Å². The topological polar surface area (TPSA) is 36.7 Å². The number of halogens is 3. The van der Waals surface area contributed by atoms with Crippen molar-refractivity contribution < 1.29 is 13.2 Å². The van der Waals surface area contributed by atoms with Gasteiger partial charge in [0.05, 0.1) is 5.56 Å². The average Bonchev–Trinajstić information content (AvgIpc) is 2.04. The summed E-state index contributed by atoms with van der Waals surface area (Å²) in [6.07, 6.45) is -1.93. The molecule has 0 radical (unpaired) electrons. The Kier molecular flexibility index (Phi) is 2.52. The quantitative estimate of drug-likeness (QED) is 0.674. The highest BCUT2D eigenvalue weighted by Crippen LogP contribution is 2.22. The summed E-state index contributed by atoms with van der Waals surface area (Å²) in [5, 5.41) is 8.44. The molecule has 0 aliphatic carbocycles. The van der Waals surface area contributed by atoms with Gasteiger partial charge in [-0.15, -0.1) is 0 Å². The van der Waals surface area contributed by atoms with Crippen molar-refractivity contribution in [1.29, 1.82) is 5.26 Å². The second kappa shape index (κ2) is 3.44. The third kappa shape index (κ3) is 1.61. The van der Waals surface area contributed by atoms with E-state index in [0.29, 0.717) is 0 Å². The number of nitrogens with zero attached hydrogens (tertiary/aromatic N) is 2. The highest BCUT2D eigenvalue weighted by Gasteiger charge is 2.19. The molecule has 0 amide bonds. The SMILES string of the molecule is Cc1cnc(C(F)F)c(F)c1C#N. The van der Waals surface area contributed by atoms with E-state index in [1.165, 1.54) is 13.0 Å². The van der Waals surface area contributed by atoms with Gasteiger partial charge in [0.25, 0.3) is 6.43 Å². The number of nitriles is 1. The van der Waals surface area contributed by atoms with E-state index in [2.05, 4.69) is 4.98 Å². The van der Waals surface area contributed by atoms with E-state index in [1.807, 2.05) is 0 Å². The molecule has 0 saturated carbocycles. The molecule has 0 unspecified atom stereocenters. The normalized spacial score (nSPS) is 10.2. The van der Waals surface area contributed by atoms with Gasteiger partial charge in [0.2, 0.25) is 0 Å². The second-order valence-corrected chi connectivity index (χ2v) is 2.43. The lowest BCUT2D eigenvalue weighted by molar-refractivity contribution is 0.140. The fraction of sp³-hybridized carbons (Fsp3) is 0.250. The molecule has 0 fully saturated rings. The van der Waals surface area contributed by atoms with E-state index >= 15 is 0 Å².